The second kappa shape index (κ2) is 2.79. The van der Waals surface area contributed by atoms with Gasteiger partial charge in [0.2, 0.25) is 0 Å². The van der Waals surface area contributed by atoms with Crippen LogP contribution in [0.3, 0.4) is 0 Å². The van der Waals surface area contributed by atoms with Crippen LogP contribution in [-0.4, -0.2) is 27.6 Å². The summed E-state index contributed by atoms with van der Waals surface area (Å²) in [6.07, 6.45) is -0.345. The van der Waals surface area contributed by atoms with Crippen LogP contribution in [0.2, 0.25) is 0 Å². The number of hydrogen-bond acceptors (Lipinski definition) is 3. The molecule has 4 heteroatoms. The van der Waals surface area contributed by atoms with E-state index in [0.717, 1.165) is 6.92 Å². The summed E-state index contributed by atoms with van der Waals surface area (Å²) in [5, 5.41) is 17.2. The second-order valence-electron chi connectivity index (χ2n) is 2.46. The number of carbonyl (C=O) groups is 2. The smallest absolute Gasteiger partial charge is 0.335 e. The van der Waals surface area contributed by atoms with Gasteiger partial charge in [-0.15, -0.1) is 0 Å². The van der Waals surface area contributed by atoms with Crippen molar-refractivity contribution in [2.45, 2.75) is 25.9 Å². The van der Waals surface area contributed by atoms with E-state index in [0.29, 0.717) is 0 Å². The van der Waals surface area contributed by atoms with Gasteiger partial charge in [-0.1, -0.05) is 0 Å². The molecular formula is C6H10O4. The van der Waals surface area contributed by atoms with E-state index in [2.05, 4.69) is 0 Å². The van der Waals surface area contributed by atoms with Crippen molar-refractivity contribution in [3.8, 4) is 0 Å². The van der Waals surface area contributed by atoms with Gasteiger partial charge in [-0.25, -0.2) is 4.79 Å². The molecule has 4 nitrogen and oxygen atoms in total. The average Bonchev–Trinajstić information content (AvgIpc) is 1.60. The van der Waals surface area contributed by atoms with E-state index in [1.807, 2.05) is 0 Å². The Morgan fingerprint density at radius 1 is 1.50 bits per heavy atom. The summed E-state index contributed by atoms with van der Waals surface area (Å²) < 4.78 is 0. The van der Waals surface area contributed by atoms with E-state index in [1.165, 1.54) is 6.92 Å². The van der Waals surface area contributed by atoms with Gasteiger partial charge in [0.25, 0.3) is 0 Å². The minimum atomic E-state index is -1.91. The van der Waals surface area contributed by atoms with Crippen LogP contribution in [0.4, 0.5) is 0 Å². The Balaban J connectivity index is 4.13. The molecule has 10 heavy (non-hydrogen) atoms. The van der Waals surface area contributed by atoms with Gasteiger partial charge in [-0.3, -0.25) is 4.79 Å². The first kappa shape index (κ1) is 9.10. The van der Waals surface area contributed by atoms with Crippen molar-refractivity contribution in [2.75, 3.05) is 0 Å². The summed E-state index contributed by atoms with van der Waals surface area (Å²) in [5.74, 6) is -1.71. The fourth-order valence-electron chi connectivity index (χ4n) is 0.560. The van der Waals surface area contributed by atoms with Crippen LogP contribution >= 0.6 is 0 Å². The van der Waals surface area contributed by atoms with Crippen molar-refractivity contribution < 1.29 is 19.8 Å². The highest BCUT2D eigenvalue weighted by Crippen LogP contribution is 2.08. The molecule has 0 aliphatic heterocycles. The van der Waals surface area contributed by atoms with Crippen molar-refractivity contribution >= 4 is 11.8 Å². The van der Waals surface area contributed by atoms with E-state index < -0.39 is 11.6 Å². The summed E-state index contributed by atoms with van der Waals surface area (Å²) in [6, 6.07) is 0. The Bertz CT molecular complexity index is 159. The molecule has 0 bridgehead atoms. The van der Waals surface area contributed by atoms with Crippen molar-refractivity contribution in [3.05, 3.63) is 0 Å². The second-order valence-corrected chi connectivity index (χ2v) is 2.46. The molecule has 0 unspecified atom stereocenters. The molecule has 0 saturated heterocycles. The number of carboxylic acids is 1. The standard InChI is InChI=1S/C6H10O4/c1-4(7)3-6(2,10)5(8)9/h10H,3H2,1-2H3,(H,8,9)/t6-/m0/s1. The van der Waals surface area contributed by atoms with E-state index in [4.69, 9.17) is 10.2 Å². The largest absolute Gasteiger partial charge is 0.479 e. The summed E-state index contributed by atoms with van der Waals surface area (Å²) in [7, 11) is 0. The zero-order valence-electron chi connectivity index (χ0n) is 5.92. The fraction of sp³-hybridized carbons (Fsp3) is 0.667. The number of carboxylic acid groups (broad SMARTS) is 1. The molecule has 0 radical (unpaired) electrons. The van der Waals surface area contributed by atoms with Crippen LogP contribution in [0.1, 0.15) is 20.3 Å². The third kappa shape index (κ3) is 2.59. The van der Waals surface area contributed by atoms with Crippen LogP contribution in [-0.2, 0) is 9.59 Å². The van der Waals surface area contributed by atoms with Crippen molar-refractivity contribution in [2.24, 2.45) is 0 Å². The lowest BCUT2D eigenvalue weighted by Crippen LogP contribution is -2.36. The molecule has 0 amide bonds. The first-order valence-electron chi connectivity index (χ1n) is 2.81. The first-order valence-corrected chi connectivity index (χ1v) is 2.81. The predicted molar refractivity (Wildman–Crippen MR) is 33.6 cm³/mol. The van der Waals surface area contributed by atoms with Crippen LogP contribution in [0.25, 0.3) is 0 Å². The highest BCUT2D eigenvalue weighted by molar-refractivity contribution is 5.86. The van der Waals surface area contributed by atoms with Gasteiger partial charge in [-0.05, 0) is 13.8 Å². The Morgan fingerprint density at radius 3 is 2.00 bits per heavy atom. The topological polar surface area (TPSA) is 74.6 Å². The molecule has 0 aromatic heterocycles. The van der Waals surface area contributed by atoms with Gasteiger partial charge < -0.3 is 10.2 Å². The average molecular weight is 146 g/mol. The molecule has 0 rings (SSSR count). The van der Waals surface area contributed by atoms with E-state index in [9.17, 15) is 9.59 Å². The molecule has 0 fully saturated rings. The molecular weight excluding hydrogens is 136 g/mol. The van der Waals surface area contributed by atoms with Gasteiger partial charge in [0, 0.05) is 6.42 Å². The summed E-state index contributed by atoms with van der Waals surface area (Å²) >= 11 is 0. The SMILES string of the molecule is CC(=O)C[C@](C)(O)C(=O)O. The third-order valence-corrected chi connectivity index (χ3v) is 1.05. The minimum absolute atomic E-state index is 0.340. The normalized spacial score (nSPS) is 15.9. The lowest BCUT2D eigenvalue weighted by Gasteiger charge is -2.14. The molecule has 2 N–H and O–H groups in total. The van der Waals surface area contributed by atoms with E-state index >= 15 is 0 Å². The molecule has 58 valence electrons. The van der Waals surface area contributed by atoms with Gasteiger partial charge in [-0.2, -0.15) is 0 Å². The van der Waals surface area contributed by atoms with Crippen LogP contribution in [0, 0.1) is 0 Å². The zero-order chi connectivity index (χ0) is 8.36. The van der Waals surface area contributed by atoms with Gasteiger partial charge in [0.15, 0.2) is 5.60 Å². The number of carbonyl (C=O) groups excluding carboxylic acids is 1. The number of hydrogen-bond donors (Lipinski definition) is 2. The Kier molecular flexibility index (Phi) is 2.54. The lowest BCUT2D eigenvalue weighted by atomic mass is 10.0. The maximum atomic E-state index is 10.3. The van der Waals surface area contributed by atoms with Crippen molar-refractivity contribution in [3.63, 3.8) is 0 Å². The first-order chi connectivity index (χ1) is 4.36. The maximum absolute atomic E-state index is 10.3. The molecule has 0 aliphatic rings. The molecule has 0 heterocycles. The highest BCUT2D eigenvalue weighted by atomic mass is 16.4. The Morgan fingerprint density at radius 2 is 1.90 bits per heavy atom. The molecule has 0 saturated carbocycles. The van der Waals surface area contributed by atoms with E-state index in [-0.39, 0.29) is 12.2 Å². The summed E-state index contributed by atoms with van der Waals surface area (Å²) in [5.41, 5.74) is -1.91. The van der Waals surface area contributed by atoms with Crippen LogP contribution in [0.5, 0.6) is 0 Å². The molecule has 1 atom stereocenters. The number of Topliss-reactive ketones (excluding diaryl/α,β-unsaturated/α-hetero) is 1. The fourth-order valence-corrected chi connectivity index (χ4v) is 0.560. The predicted octanol–water partition coefficient (Wildman–Crippen LogP) is -0.199. The molecule has 0 aliphatic carbocycles. The Hall–Kier alpha value is -0.900. The minimum Gasteiger partial charge on any atom is -0.479 e. The van der Waals surface area contributed by atoms with Crippen LogP contribution in [0.15, 0.2) is 0 Å². The van der Waals surface area contributed by atoms with Gasteiger partial charge >= 0.3 is 5.97 Å². The molecule has 0 aromatic carbocycles. The number of rotatable bonds is 3. The number of ketones is 1. The number of aliphatic hydroxyl groups is 1. The van der Waals surface area contributed by atoms with Crippen molar-refractivity contribution in [1.82, 2.24) is 0 Å². The van der Waals surface area contributed by atoms with E-state index in [1.54, 1.807) is 0 Å². The number of aliphatic carboxylic acids is 1. The quantitative estimate of drug-likeness (QED) is 0.578. The molecule has 0 spiro atoms. The maximum Gasteiger partial charge on any atom is 0.335 e. The third-order valence-electron chi connectivity index (χ3n) is 1.05. The van der Waals surface area contributed by atoms with Crippen molar-refractivity contribution in [1.29, 1.82) is 0 Å². The zero-order valence-corrected chi connectivity index (χ0v) is 5.92. The van der Waals surface area contributed by atoms with Gasteiger partial charge in [0.05, 0.1) is 0 Å². The Labute approximate surface area is 58.5 Å². The van der Waals surface area contributed by atoms with Gasteiger partial charge in [0.1, 0.15) is 5.78 Å². The summed E-state index contributed by atoms with van der Waals surface area (Å²) in [6.45, 7) is 2.33. The molecule has 0 aromatic rings. The highest BCUT2D eigenvalue weighted by Gasteiger charge is 2.30. The lowest BCUT2D eigenvalue weighted by molar-refractivity contribution is -0.159. The van der Waals surface area contributed by atoms with Crippen LogP contribution < -0.4 is 0 Å². The summed E-state index contributed by atoms with van der Waals surface area (Å²) in [4.78, 5) is 20.5. The monoisotopic (exact) mass is 146 g/mol.